The van der Waals surface area contributed by atoms with Gasteiger partial charge >= 0.3 is 6.18 Å². The minimum absolute atomic E-state index is 0.0763. The first-order chi connectivity index (χ1) is 16.1. The first kappa shape index (κ1) is 28.4. The zero-order valence-electron chi connectivity index (χ0n) is 18.1. The van der Waals surface area contributed by atoms with Crippen LogP contribution in [-0.4, -0.2) is 31.7 Å². The molecule has 34 heavy (non-hydrogen) atoms. The number of nitrogens with zero attached hydrogens (tertiary/aromatic N) is 1. The summed E-state index contributed by atoms with van der Waals surface area (Å²) in [6.07, 6.45) is -1.34. The predicted molar refractivity (Wildman–Crippen MR) is 131 cm³/mol. The van der Waals surface area contributed by atoms with Crippen LogP contribution >= 0.6 is 46.4 Å². The molecule has 0 aliphatic heterocycles. The maximum atomic E-state index is 13.3. The lowest BCUT2D eigenvalue weighted by Crippen LogP contribution is -2.24. The Kier molecular flexibility index (Phi) is 11.6. The van der Waals surface area contributed by atoms with Crippen molar-refractivity contribution in [2.45, 2.75) is 32.4 Å². The summed E-state index contributed by atoms with van der Waals surface area (Å²) in [6.45, 7) is 2.37. The molecular formula is C23H22Cl4F3NO3. The molecule has 0 saturated carbocycles. The second-order valence-electron chi connectivity index (χ2n) is 6.94. The number of hydrogen-bond donors (Lipinski definition) is 0. The first-order valence-electron chi connectivity index (χ1n) is 10.2. The molecular weight excluding hydrogens is 537 g/mol. The molecule has 11 heteroatoms. The molecule has 0 atom stereocenters. The Morgan fingerprint density at radius 1 is 1.00 bits per heavy atom. The first-order valence-corrected chi connectivity index (χ1v) is 11.7. The number of hydrogen-bond acceptors (Lipinski definition) is 4. The van der Waals surface area contributed by atoms with Gasteiger partial charge in [-0.1, -0.05) is 89.2 Å². The van der Waals surface area contributed by atoms with Crippen molar-refractivity contribution in [1.29, 1.82) is 0 Å². The van der Waals surface area contributed by atoms with Gasteiger partial charge in [-0.05, 0) is 18.1 Å². The fraction of sp³-hybridized carbons (Fsp3) is 0.348. The molecule has 0 fully saturated rings. The average molecular weight is 559 g/mol. The fourth-order valence-corrected chi connectivity index (χ4v) is 3.35. The van der Waals surface area contributed by atoms with Gasteiger partial charge in [0, 0.05) is 24.1 Å². The predicted octanol–water partition coefficient (Wildman–Crippen LogP) is 8.40. The van der Waals surface area contributed by atoms with E-state index in [1.165, 1.54) is 30.3 Å². The smallest absolute Gasteiger partial charge is 0.437 e. The highest BCUT2D eigenvalue weighted by molar-refractivity contribution is 6.55. The molecule has 0 aromatic heterocycles. The highest BCUT2D eigenvalue weighted by Crippen LogP contribution is 2.37. The maximum absolute atomic E-state index is 13.3. The third-order valence-corrected chi connectivity index (χ3v) is 5.21. The molecule has 0 bridgehead atoms. The van der Waals surface area contributed by atoms with Crippen LogP contribution in [0.3, 0.4) is 0 Å². The monoisotopic (exact) mass is 557 g/mol. The van der Waals surface area contributed by atoms with Crippen LogP contribution in [0.25, 0.3) is 0 Å². The van der Waals surface area contributed by atoms with Crippen LogP contribution in [0.4, 0.5) is 13.2 Å². The zero-order chi connectivity index (χ0) is 25.1. The average Bonchev–Trinajstić information content (AvgIpc) is 2.75. The SMILES string of the molecule is CCCCON=C(c1ccc(CCOc2c(Cl)cc(OCC=C(Cl)Cl)cc2Cl)cc1)C(F)(F)F. The van der Waals surface area contributed by atoms with Gasteiger partial charge in [0.25, 0.3) is 0 Å². The highest BCUT2D eigenvalue weighted by Gasteiger charge is 2.37. The van der Waals surface area contributed by atoms with Crippen molar-refractivity contribution in [3.05, 3.63) is 68.1 Å². The van der Waals surface area contributed by atoms with Gasteiger partial charge in [-0.15, -0.1) is 0 Å². The molecule has 186 valence electrons. The van der Waals surface area contributed by atoms with Crippen LogP contribution < -0.4 is 9.47 Å². The van der Waals surface area contributed by atoms with Crippen molar-refractivity contribution in [1.82, 2.24) is 0 Å². The summed E-state index contributed by atoms with van der Waals surface area (Å²) < 4.78 is 51.2. The van der Waals surface area contributed by atoms with Gasteiger partial charge < -0.3 is 14.3 Å². The molecule has 4 nitrogen and oxygen atoms in total. The Morgan fingerprint density at radius 2 is 1.65 bits per heavy atom. The van der Waals surface area contributed by atoms with Gasteiger partial charge in [-0.3, -0.25) is 0 Å². The van der Waals surface area contributed by atoms with Crippen LogP contribution in [0.5, 0.6) is 11.5 Å². The van der Waals surface area contributed by atoms with Gasteiger partial charge in [0.15, 0.2) is 11.5 Å². The van der Waals surface area contributed by atoms with Gasteiger partial charge in [-0.25, -0.2) is 0 Å². The Bertz CT molecular complexity index is 969. The van der Waals surface area contributed by atoms with Crippen molar-refractivity contribution in [2.24, 2.45) is 5.16 Å². The van der Waals surface area contributed by atoms with E-state index in [2.05, 4.69) is 5.16 Å². The summed E-state index contributed by atoms with van der Waals surface area (Å²) in [5, 5.41) is 3.79. The molecule has 0 radical (unpaired) electrons. The number of oxime groups is 1. The largest absolute Gasteiger partial charge is 0.490 e. The van der Waals surface area contributed by atoms with E-state index in [9.17, 15) is 13.2 Å². The van der Waals surface area contributed by atoms with E-state index in [0.29, 0.717) is 18.6 Å². The molecule has 0 saturated heterocycles. The molecule has 2 rings (SSSR count). The summed E-state index contributed by atoms with van der Waals surface area (Å²) >= 11 is 23.5. The Hall–Kier alpha value is -1.80. The van der Waals surface area contributed by atoms with Gasteiger partial charge in [0.2, 0.25) is 0 Å². The van der Waals surface area contributed by atoms with Crippen LogP contribution in [0.1, 0.15) is 30.9 Å². The number of rotatable bonds is 12. The molecule has 0 amide bonds. The second-order valence-corrected chi connectivity index (χ2v) is 8.76. The summed E-state index contributed by atoms with van der Waals surface area (Å²) in [7, 11) is 0. The van der Waals surface area contributed by atoms with E-state index in [1.54, 1.807) is 12.1 Å². The normalized spacial score (nSPS) is 11.8. The molecule has 0 spiro atoms. The van der Waals surface area contributed by atoms with E-state index >= 15 is 0 Å². The van der Waals surface area contributed by atoms with Crippen molar-refractivity contribution in [2.75, 3.05) is 19.8 Å². The number of unbranched alkanes of at least 4 members (excludes halogenated alkanes) is 1. The fourth-order valence-electron chi connectivity index (χ4n) is 2.65. The van der Waals surface area contributed by atoms with E-state index in [4.69, 9.17) is 60.7 Å². The van der Waals surface area contributed by atoms with E-state index in [0.717, 1.165) is 12.0 Å². The second kappa shape index (κ2) is 13.9. The summed E-state index contributed by atoms with van der Waals surface area (Å²) in [5.74, 6) is 0.679. The summed E-state index contributed by atoms with van der Waals surface area (Å²) in [5.41, 5.74) is -0.397. The molecule has 2 aromatic rings. The Morgan fingerprint density at radius 3 is 2.21 bits per heavy atom. The van der Waals surface area contributed by atoms with Gasteiger partial charge in [0.1, 0.15) is 23.5 Å². The van der Waals surface area contributed by atoms with Crippen LogP contribution in [-0.2, 0) is 11.3 Å². The molecule has 0 unspecified atom stereocenters. The summed E-state index contributed by atoms with van der Waals surface area (Å²) in [6, 6.07) is 8.91. The number of benzene rings is 2. The van der Waals surface area contributed by atoms with E-state index in [1.807, 2.05) is 6.92 Å². The lowest BCUT2D eigenvalue weighted by Gasteiger charge is -2.13. The Labute approximate surface area is 216 Å². The molecule has 0 heterocycles. The summed E-state index contributed by atoms with van der Waals surface area (Å²) in [4.78, 5) is 4.82. The standard InChI is InChI=1S/C23H22Cl4F3NO3/c1-2-3-10-34-31-22(23(28,29)30)16-6-4-15(5-7-16)8-11-33-21-18(24)13-17(14-19(21)25)32-12-9-20(26)27/h4-7,9,13-14H,2-3,8,10-12H2,1H3. The number of ether oxygens (including phenoxy) is 2. The topological polar surface area (TPSA) is 40.0 Å². The van der Waals surface area contributed by atoms with E-state index < -0.39 is 11.9 Å². The Balaban J connectivity index is 1.98. The van der Waals surface area contributed by atoms with Gasteiger partial charge in [0.05, 0.1) is 16.7 Å². The van der Waals surface area contributed by atoms with Crippen LogP contribution in [0, 0.1) is 0 Å². The van der Waals surface area contributed by atoms with Crippen LogP contribution in [0.2, 0.25) is 10.0 Å². The van der Waals surface area contributed by atoms with E-state index in [-0.39, 0.29) is 45.7 Å². The highest BCUT2D eigenvalue weighted by atomic mass is 35.5. The maximum Gasteiger partial charge on any atom is 0.437 e. The van der Waals surface area contributed by atoms with Gasteiger partial charge in [-0.2, -0.15) is 13.2 Å². The zero-order valence-corrected chi connectivity index (χ0v) is 21.1. The minimum Gasteiger partial charge on any atom is -0.490 e. The van der Waals surface area contributed by atoms with Crippen molar-refractivity contribution < 1.29 is 27.5 Å². The molecule has 0 N–H and O–H groups in total. The molecule has 0 aliphatic carbocycles. The third-order valence-electron chi connectivity index (χ3n) is 4.34. The quantitative estimate of drug-likeness (QED) is 0.149. The lowest BCUT2D eigenvalue weighted by molar-refractivity contribution is -0.0615. The molecule has 2 aromatic carbocycles. The minimum atomic E-state index is -4.63. The van der Waals surface area contributed by atoms with Crippen molar-refractivity contribution in [3.8, 4) is 11.5 Å². The number of alkyl halides is 3. The van der Waals surface area contributed by atoms with Crippen LogP contribution in [0.15, 0.2) is 52.1 Å². The van der Waals surface area contributed by atoms with Crippen molar-refractivity contribution in [3.63, 3.8) is 0 Å². The molecule has 0 aliphatic rings. The van der Waals surface area contributed by atoms with Crippen molar-refractivity contribution >= 4 is 52.1 Å². The number of halogens is 7. The third kappa shape index (κ3) is 9.45. The lowest BCUT2D eigenvalue weighted by atomic mass is 10.1.